The molecule has 10 nitrogen and oxygen atoms in total. The van der Waals surface area contributed by atoms with Gasteiger partial charge < -0.3 is 20.3 Å². The van der Waals surface area contributed by atoms with Crippen LogP contribution in [-0.4, -0.2) is 63.4 Å². The molecule has 0 radical (unpaired) electrons. The monoisotopic (exact) mass is 490 g/mol. The molecule has 2 aromatic rings. The molecule has 3 heterocycles. The van der Waals surface area contributed by atoms with E-state index in [-0.39, 0.29) is 43.1 Å². The lowest BCUT2D eigenvalue weighted by atomic mass is 10.1. The lowest BCUT2D eigenvalue weighted by Gasteiger charge is -2.24. The van der Waals surface area contributed by atoms with Gasteiger partial charge >= 0.3 is 0 Å². The Kier molecular flexibility index (Phi) is 7.92. The van der Waals surface area contributed by atoms with E-state index in [4.69, 9.17) is 4.74 Å². The number of carbonyl (C=O) groups excluding carboxylic acids is 3. The Bertz CT molecular complexity index is 1120. The van der Waals surface area contributed by atoms with Gasteiger partial charge in [-0.2, -0.15) is 0 Å². The first kappa shape index (κ1) is 25.9. The Labute approximate surface area is 201 Å². The van der Waals surface area contributed by atoms with Gasteiger partial charge in [0.25, 0.3) is 11.8 Å². The summed E-state index contributed by atoms with van der Waals surface area (Å²) in [6, 6.07) is 2.79. The smallest absolute Gasteiger partial charge is 0.278 e. The maximum absolute atomic E-state index is 13.1. The van der Waals surface area contributed by atoms with Crippen LogP contribution in [0.5, 0.6) is 5.88 Å². The third-order valence-corrected chi connectivity index (χ3v) is 5.43. The van der Waals surface area contributed by atoms with Gasteiger partial charge in [-0.1, -0.05) is 0 Å². The quantitative estimate of drug-likeness (QED) is 0.486. The summed E-state index contributed by atoms with van der Waals surface area (Å²) in [7, 11) is 0. The third kappa shape index (κ3) is 6.67. The fourth-order valence-corrected chi connectivity index (χ4v) is 3.63. The van der Waals surface area contributed by atoms with E-state index in [2.05, 4.69) is 25.8 Å². The molecule has 35 heavy (non-hydrogen) atoms. The highest BCUT2D eigenvalue weighted by molar-refractivity contribution is 5.99. The van der Waals surface area contributed by atoms with Crippen molar-refractivity contribution in [3.05, 3.63) is 46.4 Å². The van der Waals surface area contributed by atoms with E-state index in [0.29, 0.717) is 34.6 Å². The Hall–Kier alpha value is -3.70. The number of aryl methyl sites for hydroxylation is 1. The Balaban J connectivity index is 1.68. The van der Waals surface area contributed by atoms with Crippen LogP contribution in [0.1, 0.15) is 59.7 Å². The molecular formula is C23H28F2N6O4. The average molecular weight is 491 g/mol. The standard InChI is InChI=1S/C23H28F2N6O4/c1-13-9-18(29-30-21(13)35-12-23(4,24)25)14(2)31-11-17-16(22(31)34)5-6-27-19(17)10-20(33)28-8-7-26-15(3)32/h5-6,9,14H,7-8,10-12H2,1-4H3,(H,26,32)(H,28,33). The molecule has 0 fully saturated rings. The molecule has 0 aromatic carbocycles. The number of halogens is 2. The average Bonchev–Trinajstić information content (AvgIpc) is 3.12. The normalized spacial score (nSPS) is 13.9. The first-order chi connectivity index (χ1) is 16.5. The lowest BCUT2D eigenvalue weighted by molar-refractivity contribution is -0.121. The second-order valence-electron chi connectivity index (χ2n) is 8.52. The zero-order valence-electron chi connectivity index (χ0n) is 20.0. The molecular weight excluding hydrogens is 462 g/mol. The molecule has 12 heteroatoms. The lowest BCUT2D eigenvalue weighted by Crippen LogP contribution is -2.34. The molecule has 3 rings (SSSR count). The summed E-state index contributed by atoms with van der Waals surface area (Å²) in [5.41, 5.74) is 2.62. The second kappa shape index (κ2) is 10.7. The van der Waals surface area contributed by atoms with Crippen molar-refractivity contribution in [2.75, 3.05) is 19.7 Å². The molecule has 0 aliphatic carbocycles. The SMILES string of the molecule is CC(=O)NCCNC(=O)Cc1nccc2c1CN(C(C)c1cc(C)c(OCC(C)(F)F)nn1)C2=O. The van der Waals surface area contributed by atoms with Crippen molar-refractivity contribution in [2.45, 2.75) is 52.6 Å². The van der Waals surface area contributed by atoms with E-state index in [1.54, 1.807) is 30.9 Å². The minimum atomic E-state index is -3.00. The molecule has 3 amide bonds. The minimum Gasteiger partial charge on any atom is -0.470 e. The summed E-state index contributed by atoms with van der Waals surface area (Å²) < 4.78 is 31.2. The number of nitrogens with zero attached hydrogens (tertiary/aromatic N) is 4. The van der Waals surface area contributed by atoms with Crippen LogP contribution in [0.2, 0.25) is 0 Å². The summed E-state index contributed by atoms with van der Waals surface area (Å²) in [6.07, 6.45) is 1.48. The first-order valence-corrected chi connectivity index (χ1v) is 11.1. The van der Waals surface area contributed by atoms with Crippen molar-refractivity contribution in [1.29, 1.82) is 0 Å². The van der Waals surface area contributed by atoms with Gasteiger partial charge in [0.1, 0.15) is 0 Å². The summed E-state index contributed by atoms with van der Waals surface area (Å²) in [5, 5.41) is 13.3. The minimum absolute atomic E-state index is 0.00818. The highest BCUT2D eigenvalue weighted by Gasteiger charge is 2.34. The zero-order valence-corrected chi connectivity index (χ0v) is 20.0. The predicted octanol–water partition coefficient (Wildman–Crippen LogP) is 1.73. The summed E-state index contributed by atoms with van der Waals surface area (Å²) >= 11 is 0. The highest BCUT2D eigenvalue weighted by Crippen LogP contribution is 2.32. The van der Waals surface area contributed by atoms with Crippen LogP contribution >= 0.6 is 0 Å². The molecule has 2 aromatic heterocycles. The molecule has 0 saturated carbocycles. The number of amides is 3. The maximum atomic E-state index is 13.1. The van der Waals surface area contributed by atoms with Gasteiger partial charge in [0.15, 0.2) is 6.61 Å². The van der Waals surface area contributed by atoms with Gasteiger partial charge in [0, 0.05) is 56.4 Å². The predicted molar refractivity (Wildman–Crippen MR) is 121 cm³/mol. The summed E-state index contributed by atoms with van der Waals surface area (Å²) in [4.78, 5) is 42.2. The van der Waals surface area contributed by atoms with Crippen molar-refractivity contribution in [1.82, 2.24) is 30.7 Å². The van der Waals surface area contributed by atoms with Crippen LogP contribution in [0.25, 0.3) is 0 Å². The van der Waals surface area contributed by atoms with Gasteiger partial charge in [0.2, 0.25) is 17.7 Å². The first-order valence-electron chi connectivity index (χ1n) is 11.1. The summed E-state index contributed by atoms with van der Waals surface area (Å²) in [6.45, 7) is 5.62. The van der Waals surface area contributed by atoms with Crippen LogP contribution < -0.4 is 15.4 Å². The van der Waals surface area contributed by atoms with Crippen molar-refractivity contribution in [2.24, 2.45) is 0 Å². The number of hydrogen-bond donors (Lipinski definition) is 2. The Morgan fingerprint density at radius 1 is 1.26 bits per heavy atom. The number of pyridine rings is 1. The van der Waals surface area contributed by atoms with Crippen molar-refractivity contribution >= 4 is 17.7 Å². The zero-order chi connectivity index (χ0) is 25.8. The number of nitrogens with one attached hydrogen (secondary N) is 2. The van der Waals surface area contributed by atoms with Crippen molar-refractivity contribution in [3.63, 3.8) is 0 Å². The van der Waals surface area contributed by atoms with Crippen LogP contribution in [0.15, 0.2) is 18.3 Å². The molecule has 2 N–H and O–H groups in total. The molecule has 0 spiro atoms. The molecule has 1 atom stereocenters. The van der Waals surface area contributed by atoms with Gasteiger partial charge in [-0.05, 0) is 26.0 Å². The maximum Gasteiger partial charge on any atom is 0.278 e. The van der Waals surface area contributed by atoms with E-state index < -0.39 is 18.6 Å². The van der Waals surface area contributed by atoms with Gasteiger partial charge in [-0.25, -0.2) is 8.78 Å². The van der Waals surface area contributed by atoms with E-state index in [1.165, 1.54) is 13.1 Å². The van der Waals surface area contributed by atoms with Crippen LogP contribution in [0.4, 0.5) is 8.78 Å². The molecule has 1 aliphatic heterocycles. The van der Waals surface area contributed by atoms with Crippen LogP contribution in [0.3, 0.4) is 0 Å². The summed E-state index contributed by atoms with van der Waals surface area (Å²) in [5.74, 6) is -3.67. The van der Waals surface area contributed by atoms with E-state index in [9.17, 15) is 23.2 Å². The van der Waals surface area contributed by atoms with Gasteiger partial charge in [-0.15, -0.1) is 10.2 Å². The third-order valence-electron chi connectivity index (χ3n) is 5.43. The fraction of sp³-hybridized carbons (Fsp3) is 0.478. The van der Waals surface area contributed by atoms with Gasteiger partial charge in [0.05, 0.1) is 23.9 Å². The fourth-order valence-electron chi connectivity index (χ4n) is 3.63. The van der Waals surface area contributed by atoms with E-state index in [1.807, 2.05) is 0 Å². The molecule has 1 unspecified atom stereocenters. The number of hydrogen-bond acceptors (Lipinski definition) is 7. The second-order valence-corrected chi connectivity index (χ2v) is 8.52. The largest absolute Gasteiger partial charge is 0.470 e. The molecule has 1 aliphatic rings. The Morgan fingerprint density at radius 2 is 1.97 bits per heavy atom. The van der Waals surface area contributed by atoms with Crippen LogP contribution in [-0.2, 0) is 22.6 Å². The number of ether oxygens (including phenoxy) is 1. The number of carbonyl (C=O) groups is 3. The number of aromatic nitrogens is 3. The van der Waals surface area contributed by atoms with Crippen molar-refractivity contribution in [3.8, 4) is 5.88 Å². The Morgan fingerprint density at radius 3 is 2.63 bits per heavy atom. The number of alkyl halides is 2. The highest BCUT2D eigenvalue weighted by atomic mass is 19.3. The van der Waals surface area contributed by atoms with E-state index >= 15 is 0 Å². The van der Waals surface area contributed by atoms with Crippen molar-refractivity contribution < 1.29 is 27.9 Å². The van der Waals surface area contributed by atoms with E-state index in [0.717, 1.165) is 6.92 Å². The number of rotatable bonds is 10. The van der Waals surface area contributed by atoms with Crippen LogP contribution in [0, 0.1) is 6.92 Å². The van der Waals surface area contributed by atoms with Gasteiger partial charge in [-0.3, -0.25) is 19.4 Å². The molecule has 0 bridgehead atoms. The number of fused-ring (bicyclic) bond motifs is 1. The topological polar surface area (TPSA) is 126 Å². The molecule has 0 saturated heterocycles. The molecule has 188 valence electrons.